The normalized spacial score (nSPS) is 11.3. The van der Waals surface area contributed by atoms with E-state index in [1.54, 1.807) is 0 Å². The van der Waals surface area contributed by atoms with Gasteiger partial charge in [-0.2, -0.15) is 0 Å². The molecule has 0 fully saturated rings. The molecule has 58 heavy (non-hydrogen) atoms. The van der Waals surface area contributed by atoms with E-state index in [0.717, 1.165) is 28.3 Å². The Hall–Kier alpha value is -7.42. The molecule has 0 amide bonds. The lowest BCUT2D eigenvalue weighted by atomic mass is 9.92. The predicted octanol–water partition coefficient (Wildman–Crippen LogP) is 15.5. The highest BCUT2D eigenvalue weighted by Crippen LogP contribution is 2.44. The Morgan fingerprint density at radius 1 is 0.328 bits per heavy atom. The number of rotatable bonds is 8. The summed E-state index contributed by atoms with van der Waals surface area (Å²) < 4.78 is 2.48. The van der Waals surface area contributed by atoms with E-state index in [9.17, 15) is 0 Å². The van der Waals surface area contributed by atoms with Crippen molar-refractivity contribution < 1.29 is 0 Å². The third-order valence-electron chi connectivity index (χ3n) is 11.4. The van der Waals surface area contributed by atoms with Gasteiger partial charge in [-0.25, -0.2) is 0 Å². The van der Waals surface area contributed by atoms with Gasteiger partial charge in [0.1, 0.15) is 0 Å². The van der Waals surface area contributed by atoms with E-state index in [2.05, 4.69) is 242 Å². The number of anilines is 3. The van der Waals surface area contributed by atoms with E-state index >= 15 is 0 Å². The number of aromatic nitrogens is 1. The topological polar surface area (TPSA) is 8.17 Å². The summed E-state index contributed by atoms with van der Waals surface area (Å²) in [6.07, 6.45) is 0. The number of benzene rings is 9. The van der Waals surface area contributed by atoms with Crippen molar-refractivity contribution in [3.63, 3.8) is 0 Å². The van der Waals surface area contributed by atoms with Gasteiger partial charge >= 0.3 is 0 Å². The first-order chi connectivity index (χ1) is 28.6. The van der Waals surface area contributed by atoms with Crippen LogP contribution in [0.2, 0.25) is 0 Å². The number of nitrogens with zero attached hydrogens (tertiary/aromatic N) is 2. The van der Waals surface area contributed by atoms with Gasteiger partial charge < -0.3 is 9.47 Å². The Morgan fingerprint density at radius 3 is 1.38 bits per heavy atom. The average Bonchev–Trinajstić information content (AvgIpc) is 3.61. The maximum atomic E-state index is 2.48. The van der Waals surface area contributed by atoms with Crippen LogP contribution in [0.3, 0.4) is 0 Å². The molecular formula is C56H42N2. The van der Waals surface area contributed by atoms with Crippen molar-refractivity contribution in [2.45, 2.75) is 13.8 Å². The highest BCUT2D eigenvalue weighted by Gasteiger charge is 2.21. The third-order valence-corrected chi connectivity index (χ3v) is 11.4. The van der Waals surface area contributed by atoms with Gasteiger partial charge in [-0.05, 0) is 101 Å². The molecule has 0 atom stereocenters. The lowest BCUT2D eigenvalue weighted by molar-refractivity contribution is 1.18. The summed E-state index contributed by atoms with van der Waals surface area (Å²) in [6.45, 7) is 4.30. The van der Waals surface area contributed by atoms with Gasteiger partial charge in [0.2, 0.25) is 0 Å². The number of hydrogen-bond donors (Lipinski definition) is 0. The summed E-state index contributed by atoms with van der Waals surface area (Å²) in [5.41, 5.74) is 18.9. The SMILES string of the molecule is Cc1ccc(-c2cccc(-n3c4ccccc4c4ccc(N(c5ccc(-c6ccccc6)cc5)c5ccc(-c6ccccc6)cc5)cc43)c2-c2ccc(C)cc2)cc1. The van der Waals surface area contributed by atoms with Crippen LogP contribution in [0.4, 0.5) is 17.1 Å². The van der Waals surface area contributed by atoms with Gasteiger partial charge in [0.25, 0.3) is 0 Å². The van der Waals surface area contributed by atoms with Crippen molar-refractivity contribution in [3.05, 3.63) is 230 Å². The molecule has 9 aromatic carbocycles. The molecule has 0 aliphatic rings. The summed E-state index contributed by atoms with van der Waals surface area (Å²) in [6, 6.07) is 79.5. The fraction of sp³-hybridized carbons (Fsp3) is 0.0357. The zero-order valence-corrected chi connectivity index (χ0v) is 32.7. The maximum absolute atomic E-state index is 2.48. The van der Waals surface area contributed by atoms with Crippen LogP contribution in [0, 0.1) is 13.8 Å². The molecule has 0 saturated carbocycles. The van der Waals surface area contributed by atoms with Crippen LogP contribution in [0.25, 0.3) is 72.0 Å². The largest absolute Gasteiger partial charge is 0.310 e. The number of aryl methyl sites for hydroxylation is 2. The second-order valence-electron chi connectivity index (χ2n) is 15.1. The van der Waals surface area contributed by atoms with Crippen molar-refractivity contribution in [1.29, 1.82) is 0 Å². The van der Waals surface area contributed by atoms with Crippen molar-refractivity contribution in [1.82, 2.24) is 4.57 Å². The molecule has 0 bridgehead atoms. The molecule has 10 aromatic rings. The molecule has 2 nitrogen and oxygen atoms in total. The van der Waals surface area contributed by atoms with Crippen LogP contribution < -0.4 is 4.90 Å². The summed E-state index contributed by atoms with van der Waals surface area (Å²) in [5, 5.41) is 2.44. The van der Waals surface area contributed by atoms with Crippen LogP contribution >= 0.6 is 0 Å². The number of para-hydroxylation sites is 1. The first kappa shape index (κ1) is 35.0. The molecular weight excluding hydrogens is 701 g/mol. The van der Waals surface area contributed by atoms with E-state index in [1.165, 1.54) is 71.9 Å². The third kappa shape index (κ3) is 6.45. The Labute approximate surface area is 340 Å². The van der Waals surface area contributed by atoms with Crippen LogP contribution in [0.15, 0.2) is 218 Å². The Balaban J connectivity index is 1.20. The van der Waals surface area contributed by atoms with Crippen LogP contribution in [-0.2, 0) is 0 Å². The van der Waals surface area contributed by atoms with Gasteiger partial charge in [0, 0.05) is 33.4 Å². The van der Waals surface area contributed by atoms with Crippen LogP contribution in [0.5, 0.6) is 0 Å². The number of fused-ring (bicyclic) bond motifs is 3. The Kier molecular flexibility index (Phi) is 9.01. The molecule has 0 aliphatic carbocycles. The fourth-order valence-electron chi connectivity index (χ4n) is 8.40. The fourth-order valence-corrected chi connectivity index (χ4v) is 8.40. The van der Waals surface area contributed by atoms with Crippen molar-refractivity contribution in [3.8, 4) is 50.2 Å². The smallest absolute Gasteiger partial charge is 0.0562 e. The molecule has 0 spiro atoms. The lowest BCUT2D eigenvalue weighted by Crippen LogP contribution is -2.10. The van der Waals surface area contributed by atoms with Crippen molar-refractivity contribution >= 4 is 38.9 Å². The molecule has 0 saturated heterocycles. The molecule has 1 heterocycles. The molecule has 2 heteroatoms. The Morgan fingerprint density at radius 2 is 0.793 bits per heavy atom. The highest BCUT2D eigenvalue weighted by atomic mass is 15.1. The highest BCUT2D eigenvalue weighted by molar-refractivity contribution is 6.11. The van der Waals surface area contributed by atoms with E-state index in [1.807, 2.05) is 0 Å². The summed E-state index contributed by atoms with van der Waals surface area (Å²) in [5.74, 6) is 0. The zero-order chi connectivity index (χ0) is 39.0. The van der Waals surface area contributed by atoms with Crippen molar-refractivity contribution in [2.24, 2.45) is 0 Å². The summed E-state index contributed by atoms with van der Waals surface area (Å²) in [4.78, 5) is 2.38. The van der Waals surface area contributed by atoms with Gasteiger partial charge in [-0.15, -0.1) is 0 Å². The molecule has 276 valence electrons. The van der Waals surface area contributed by atoms with Crippen LogP contribution in [-0.4, -0.2) is 4.57 Å². The molecule has 1 aromatic heterocycles. The van der Waals surface area contributed by atoms with Gasteiger partial charge in [-0.3, -0.25) is 0 Å². The minimum Gasteiger partial charge on any atom is -0.310 e. The van der Waals surface area contributed by atoms with E-state index in [4.69, 9.17) is 0 Å². The first-order valence-corrected chi connectivity index (χ1v) is 20.0. The first-order valence-electron chi connectivity index (χ1n) is 20.0. The van der Waals surface area contributed by atoms with E-state index in [-0.39, 0.29) is 0 Å². The van der Waals surface area contributed by atoms with E-state index in [0.29, 0.717) is 0 Å². The minimum atomic E-state index is 1.09. The quantitative estimate of drug-likeness (QED) is 0.150. The van der Waals surface area contributed by atoms with Crippen LogP contribution in [0.1, 0.15) is 11.1 Å². The van der Waals surface area contributed by atoms with Gasteiger partial charge in [0.05, 0.1) is 16.7 Å². The maximum Gasteiger partial charge on any atom is 0.0562 e. The Bertz CT molecular complexity index is 2930. The second-order valence-corrected chi connectivity index (χ2v) is 15.1. The monoisotopic (exact) mass is 742 g/mol. The molecule has 0 aliphatic heterocycles. The number of hydrogen-bond acceptors (Lipinski definition) is 1. The minimum absolute atomic E-state index is 1.09. The molecule has 0 unspecified atom stereocenters. The molecule has 0 radical (unpaired) electrons. The summed E-state index contributed by atoms with van der Waals surface area (Å²) >= 11 is 0. The lowest BCUT2D eigenvalue weighted by Gasteiger charge is -2.26. The molecule has 0 N–H and O–H groups in total. The van der Waals surface area contributed by atoms with Gasteiger partial charge in [0.15, 0.2) is 0 Å². The van der Waals surface area contributed by atoms with Crippen molar-refractivity contribution in [2.75, 3.05) is 4.90 Å². The predicted molar refractivity (Wildman–Crippen MR) is 247 cm³/mol. The van der Waals surface area contributed by atoms with E-state index < -0.39 is 0 Å². The summed E-state index contributed by atoms with van der Waals surface area (Å²) in [7, 11) is 0. The molecule has 10 rings (SSSR count). The van der Waals surface area contributed by atoms with Gasteiger partial charge in [-0.1, -0.05) is 181 Å². The average molecular weight is 743 g/mol. The standard InChI is InChI=1S/C56H42N2/c1-39-20-24-45(25-21-39)50-17-11-19-54(56(50)46-26-22-40(2)23-27-46)58-53-18-10-9-16-51(53)52-37-36-49(38-55(52)58)57(47-32-28-43(29-33-47)41-12-5-3-6-13-41)48-34-30-44(31-35-48)42-14-7-4-8-15-42/h3-38H,1-2H3. The second kappa shape index (κ2) is 14.9. The zero-order valence-electron chi connectivity index (χ0n) is 32.7.